The first-order chi connectivity index (χ1) is 25.0. The molecule has 4 heteroatoms. The van der Waals surface area contributed by atoms with E-state index in [4.69, 9.17) is 0 Å². The highest BCUT2D eigenvalue weighted by molar-refractivity contribution is 6.68. The molecule has 7 aliphatic rings. The topological polar surface area (TPSA) is 9.72 Å². The van der Waals surface area contributed by atoms with Gasteiger partial charge in [0.1, 0.15) is 0 Å². The van der Waals surface area contributed by atoms with Crippen molar-refractivity contribution in [2.45, 2.75) is 134 Å². The van der Waals surface area contributed by atoms with Crippen LogP contribution in [0.5, 0.6) is 0 Å². The van der Waals surface area contributed by atoms with E-state index in [0.717, 1.165) is 70.8 Å². The molecule has 6 aliphatic carbocycles. The van der Waals surface area contributed by atoms with E-state index in [1.807, 2.05) is 0 Å². The van der Waals surface area contributed by atoms with Crippen LogP contribution in [0.2, 0.25) is 11.6 Å². The number of nitrogens with zero attached hydrogens (tertiary/aromatic N) is 3. The van der Waals surface area contributed by atoms with Crippen molar-refractivity contribution in [3.63, 3.8) is 0 Å². The summed E-state index contributed by atoms with van der Waals surface area (Å²) in [6.45, 7) is 0.629. The average Bonchev–Trinajstić information content (AvgIpc) is 3.74. The zero-order valence-corrected chi connectivity index (χ0v) is 32.9. The van der Waals surface area contributed by atoms with Crippen molar-refractivity contribution < 1.29 is 0 Å². The number of benzene rings is 2. The summed E-state index contributed by atoms with van der Waals surface area (Å²) in [5.74, 6) is 11.5. The summed E-state index contributed by atoms with van der Waals surface area (Å²) in [5.41, 5.74) is 5.53. The van der Waals surface area contributed by atoms with Crippen molar-refractivity contribution in [1.82, 2.24) is 0 Å². The summed E-state index contributed by atoms with van der Waals surface area (Å²) in [4.78, 5) is 7.56. The Morgan fingerprint density at radius 3 is 1.14 bits per heavy atom. The first-order valence-electron chi connectivity index (χ1n) is 22.3. The molecule has 9 rings (SSSR count). The molecule has 0 radical (unpaired) electrons. The summed E-state index contributed by atoms with van der Waals surface area (Å²) >= 11 is 0. The molecule has 8 unspecified atom stereocenters. The second-order valence-corrected chi connectivity index (χ2v) is 19.7. The van der Waals surface area contributed by atoms with Gasteiger partial charge in [-0.25, -0.2) is 0 Å². The quantitative estimate of drug-likeness (QED) is 0.268. The number of hydrogen-bond acceptors (Lipinski definition) is 3. The minimum atomic E-state index is 0.629. The van der Waals surface area contributed by atoms with Gasteiger partial charge >= 0.3 is 0 Å². The van der Waals surface area contributed by atoms with Crippen LogP contribution >= 0.6 is 0 Å². The Kier molecular flexibility index (Phi) is 9.94. The number of anilines is 4. The molecule has 2 aromatic carbocycles. The lowest BCUT2D eigenvalue weighted by Crippen LogP contribution is -2.53. The van der Waals surface area contributed by atoms with Crippen LogP contribution in [0.25, 0.3) is 0 Å². The van der Waals surface area contributed by atoms with Crippen LogP contribution in [0.3, 0.4) is 0 Å². The monoisotopic (exact) mass is 688 g/mol. The Balaban J connectivity index is 1.15. The van der Waals surface area contributed by atoms with Gasteiger partial charge in [0.15, 0.2) is 0 Å². The van der Waals surface area contributed by atoms with E-state index in [0.29, 0.717) is 6.85 Å². The zero-order chi connectivity index (χ0) is 34.6. The van der Waals surface area contributed by atoms with E-state index in [9.17, 15) is 0 Å². The molecular formula is C47H70BN3. The number of hydrogen-bond donors (Lipinski definition) is 0. The maximum atomic E-state index is 3.01. The molecular weight excluding hydrogens is 617 g/mol. The molecule has 7 fully saturated rings. The first-order valence-corrected chi connectivity index (χ1v) is 22.3. The highest BCUT2D eigenvalue weighted by Gasteiger charge is 2.64. The van der Waals surface area contributed by atoms with Crippen molar-refractivity contribution >= 4 is 29.6 Å². The van der Waals surface area contributed by atoms with Gasteiger partial charge in [-0.1, -0.05) is 89.9 Å². The smallest absolute Gasteiger partial charge is 0.267 e. The molecule has 6 saturated carbocycles. The fraction of sp³-hybridized carbons (Fsp3) is 0.745. The van der Waals surface area contributed by atoms with Crippen molar-refractivity contribution in [3.05, 3.63) is 48.5 Å². The maximum Gasteiger partial charge on any atom is 0.267 e. The molecule has 0 bridgehead atoms. The van der Waals surface area contributed by atoms with Crippen LogP contribution in [-0.4, -0.2) is 35.0 Å². The third-order valence-electron chi connectivity index (χ3n) is 17.1. The van der Waals surface area contributed by atoms with Gasteiger partial charge in [-0.3, -0.25) is 0 Å². The lowest BCUT2D eigenvalue weighted by atomic mass is 9.30. The van der Waals surface area contributed by atoms with Crippen molar-refractivity contribution in [2.24, 2.45) is 59.2 Å². The highest BCUT2D eigenvalue weighted by atomic mass is 15.1. The Morgan fingerprint density at radius 2 is 0.745 bits per heavy atom. The van der Waals surface area contributed by atoms with Crippen molar-refractivity contribution in [2.75, 3.05) is 42.8 Å². The molecule has 0 aromatic heterocycles. The van der Waals surface area contributed by atoms with Gasteiger partial charge in [-0.2, -0.15) is 0 Å². The van der Waals surface area contributed by atoms with Gasteiger partial charge in [-0.15, -0.1) is 0 Å². The van der Waals surface area contributed by atoms with Gasteiger partial charge in [0.25, 0.3) is 6.85 Å². The predicted octanol–water partition coefficient (Wildman–Crippen LogP) is 12.4. The molecule has 51 heavy (non-hydrogen) atoms. The molecule has 1 aliphatic heterocycles. The molecule has 10 atom stereocenters. The van der Waals surface area contributed by atoms with Gasteiger partial charge in [0.05, 0.1) is 0 Å². The SMILES string of the molecule is CN(C)c1ccc(N(B2C3C4CCCC(C5CCCCC5)C4C[C@H]3C[C@@H]3CC4C(C5CCCCC5)CCCC4C23)c2ccc(N(C)C)cc2)cc1. The summed E-state index contributed by atoms with van der Waals surface area (Å²) in [6, 6.07) is 19.6. The molecule has 0 amide bonds. The number of fused-ring (bicyclic) bond motifs is 6. The lowest BCUT2D eigenvalue weighted by molar-refractivity contribution is 0.0950. The second-order valence-electron chi connectivity index (χ2n) is 19.7. The predicted molar refractivity (Wildman–Crippen MR) is 220 cm³/mol. The molecule has 276 valence electrons. The van der Waals surface area contributed by atoms with E-state index >= 15 is 0 Å². The molecule has 1 saturated heterocycles. The van der Waals surface area contributed by atoms with Gasteiger partial charge < -0.3 is 14.6 Å². The summed E-state index contributed by atoms with van der Waals surface area (Å²) in [7, 11) is 8.77. The van der Waals surface area contributed by atoms with Crippen LogP contribution in [0, 0.1) is 59.2 Å². The van der Waals surface area contributed by atoms with Gasteiger partial charge in [0.2, 0.25) is 0 Å². The average molecular weight is 688 g/mol. The molecule has 3 nitrogen and oxygen atoms in total. The zero-order valence-electron chi connectivity index (χ0n) is 32.9. The molecule has 0 N–H and O–H groups in total. The Hall–Kier alpha value is -2.10. The molecule has 1 heterocycles. The van der Waals surface area contributed by atoms with Crippen LogP contribution in [0.4, 0.5) is 22.7 Å². The summed E-state index contributed by atoms with van der Waals surface area (Å²) < 4.78 is 0. The normalized spacial score (nSPS) is 36.9. The largest absolute Gasteiger partial charge is 0.386 e. The summed E-state index contributed by atoms with van der Waals surface area (Å²) in [5, 5.41) is 0. The van der Waals surface area contributed by atoms with Crippen LogP contribution in [0.1, 0.15) is 122 Å². The van der Waals surface area contributed by atoms with E-state index < -0.39 is 0 Å². The van der Waals surface area contributed by atoms with Crippen LogP contribution in [0.15, 0.2) is 48.5 Å². The van der Waals surface area contributed by atoms with Crippen LogP contribution in [-0.2, 0) is 0 Å². The second kappa shape index (κ2) is 14.6. The van der Waals surface area contributed by atoms with E-state index in [-0.39, 0.29) is 0 Å². The first kappa shape index (κ1) is 34.7. The maximum absolute atomic E-state index is 3.01. The Labute approximate surface area is 312 Å². The van der Waals surface area contributed by atoms with Crippen LogP contribution < -0.4 is 14.6 Å². The van der Waals surface area contributed by atoms with Crippen molar-refractivity contribution in [3.8, 4) is 0 Å². The van der Waals surface area contributed by atoms with Crippen molar-refractivity contribution in [1.29, 1.82) is 0 Å². The van der Waals surface area contributed by atoms with E-state index in [1.54, 1.807) is 19.3 Å². The van der Waals surface area contributed by atoms with E-state index in [1.165, 1.54) is 125 Å². The lowest BCUT2D eigenvalue weighted by Gasteiger charge is -2.51. The third kappa shape index (κ3) is 6.37. The number of rotatable bonds is 7. The van der Waals surface area contributed by atoms with E-state index in [2.05, 4.69) is 91.3 Å². The standard InChI is InChI=1S/C47H70BN3/c1-49(2)36-21-25-38(26-22-36)51(39-27-23-37(24-28-39)50(3)4)48-46-34(30-44-40(17-11-19-42(44)46)32-13-7-5-8-14-32)29-35-31-45-41(33-15-9-6-10-16-33)18-12-20-43(45)47(35)48/h21-28,32-35,40-47H,5-20,29-31H2,1-4H3/t34-,35-,40?,41?,42?,43?,44?,45?,46?,47?/m1/s1. The molecule has 0 spiro atoms. The minimum Gasteiger partial charge on any atom is -0.386 e. The molecule has 2 aromatic rings. The van der Waals surface area contributed by atoms with Gasteiger partial charge in [0, 0.05) is 50.9 Å². The Morgan fingerprint density at radius 1 is 0.373 bits per heavy atom. The summed E-state index contributed by atoms with van der Waals surface area (Å²) in [6.07, 6.45) is 28.9. The fourth-order valence-electron chi connectivity index (χ4n) is 15.2. The highest BCUT2D eigenvalue weighted by Crippen LogP contribution is 2.70. The fourth-order valence-corrected chi connectivity index (χ4v) is 15.2. The van der Waals surface area contributed by atoms with Gasteiger partial charge in [-0.05, 0) is 151 Å². The third-order valence-corrected chi connectivity index (χ3v) is 17.1. The minimum absolute atomic E-state index is 0.629. The Bertz CT molecular complexity index is 1330.